The Morgan fingerprint density at radius 2 is 2.18 bits per heavy atom. The van der Waals surface area contributed by atoms with E-state index in [2.05, 4.69) is 5.32 Å². The smallest absolute Gasteiger partial charge is 0.352 e. The largest absolute Gasteiger partial charge is 0.477 e. The lowest BCUT2D eigenvalue weighted by Gasteiger charge is -2.49. The summed E-state index contributed by atoms with van der Waals surface area (Å²) in [6.07, 6.45) is -1.93. The molecule has 1 fully saturated rings. The minimum atomic E-state index is -1.34. The highest BCUT2D eigenvalue weighted by Crippen LogP contribution is 2.42. The van der Waals surface area contributed by atoms with Crippen LogP contribution in [-0.4, -0.2) is 64.3 Å². The van der Waals surface area contributed by atoms with Crippen molar-refractivity contribution >= 4 is 46.9 Å². The summed E-state index contributed by atoms with van der Waals surface area (Å²) in [5, 5.41) is 13.6. The van der Waals surface area contributed by atoms with Crippen LogP contribution < -0.4 is 5.32 Å². The van der Waals surface area contributed by atoms with Gasteiger partial charge in [-0.15, -0.1) is 23.1 Å². The van der Waals surface area contributed by atoms with Gasteiger partial charge in [-0.25, -0.2) is 4.79 Å². The van der Waals surface area contributed by atoms with E-state index in [9.17, 15) is 24.3 Å². The Balaban J connectivity index is 1.88. The summed E-state index contributed by atoms with van der Waals surface area (Å²) in [6.45, 7) is 1.16. The number of carbonyl (C=O) groups excluding carboxylic acids is 3. The van der Waals surface area contributed by atoms with Crippen LogP contribution in [0.3, 0.4) is 0 Å². The second-order valence-corrected chi connectivity index (χ2v) is 8.20. The van der Waals surface area contributed by atoms with Crippen molar-refractivity contribution in [3.63, 3.8) is 0 Å². The van der Waals surface area contributed by atoms with Gasteiger partial charge in [0.25, 0.3) is 5.91 Å². The van der Waals surface area contributed by atoms with Crippen LogP contribution in [0.2, 0.25) is 0 Å². The molecule has 1 aromatic heterocycles. The number of carboxylic acid groups (broad SMARTS) is 1. The summed E-state index contributed by atoms with van der Waals surface area (Å²) in [5.41, 5.74) is -0.142. The van der Waals surface area contributed by atoms with E-state index in [1.54, 1.807) is 6.07 Å². The van der Waals surface area contributed by atoms with Gasteiger partial charge in [0.15, 0.2) is 6.10 Å². The quantitative estimate of drug-likeness (QED) is 0.369. The third kappa shape index (κ3) is 3.91. The van der Waals surface area contributed by atoms with Gasteiger partial charge < -0.3 is 19.9 Å². The van der Waals surface area contributed by atoms with Gasteiger partial charge in [-0.2, -0.15) is 0 Å². The number of fused-ring (bicyclic) bond motifs is 1. The van der Waals surface area contributed by atoms with Crippen molar-refractivity contribution < 1.29 is 33.8 Å². The maximum Gasteiger partial charge on any atom is 0.352 e. The van der Waals surface area contributed by atoms with E-state index in [1.807, 2.05) is 11.4 Å². The van der Waals surface area contributed by atoms with Gasteiger partial charge in [0, 0.05) is 30.2 Å². The summed E-state index contributed by atoms with van der Waals surface area (Å²) in [7, 11) is 1.38. The Labute approximate surface area is 168 Å². The third-order valence-corrected chi connectivity index (χ3v) is 6.37. The van der Waals surface area contributed by atoms with Crippen LogP contribution in [0.5, 0.6) is 0 Å². The molecular weight excluding hydrogens is 408 g/mol. The lowest BCUT2D eigenvalue weighted by atomic mass is 10.0. The van der Waals surface area contributed by atoms with Crippen LogP contribution >= 0.6 is 23.1 Å². The molecule has 11 heteroatoms. The molecular formula is C17H18N2O7S2. The van der Waals surface area contributed by atoms with Crippen molar-refractivity contribution in [3.05, 3.63) is 33.7 Å². The molecule has 2 aliphatic heterocycles. The molecule has 2 amide bonds. The maximum atomic E-state index is 12.4. The summed E-state index contributed by atoms with van der Waals surface area (Å²) in [6, 6.07) is 3.60. The molecule has 0 saturated carbocycles. The van der Waals surface area contributed by atoms with E-state index in [4.69, 9.17) is 9.47 Å². The summed E-state index contributed by atoms with van der Waals surface area (Å²) in [4.78, 5) is 50.0. The van der Waals surface area contributed by atoms with Gasteiger partial charge in [-0.1, -0.05) is 6.07 Å². The average molecular weight is 426 g/mol. The van der Waals surface area contributed by atoms with Crippen LogP contribution in [0.25, 0.3) is 0 Å². The number of β-lactam (4-membered cyclic amide) rings is 1. The number of amides is 2. The van der Waals surface area contributed by atoms with Gasteiger partial charge in [-0.3, -0.25) is 19.3 Å². The number of hydrogen-bond donors (Lipinski definition) is 2. The monoisotopic (exact) mass is 426 g/mol. The molecule has 3 heterocycles. The van der Waals surface area contributed by atoms with E-state index >= 15 is 0 Å². The Bertz CT molecular complexity index is 837. The molecule has 1 aromatic rings. The average Bonchev–Trinajstić information content (AvgIpc) is 3.12. The molecule has 0 bridgehead atoms. The number of esters is 1. The first-order valence-corrected chi connectivity index (χ1v) is 10.2. The summed E-state index contributed by atoms with van der Waals surface area (Å²) in [5.74, 6) is -2.78. The van der Waals surface area contributed by atoms with E-state index < -0.39 is 41.5 Å². The summed E-state index contributed by atoms with van der Waals surface area (Å²) >= 11 is 2.69. The van der Waals surface area contributed by atoms with Crippen molar-refractivity contribution in [2.75, 3.05) is 12.9 Å². The first-order valence-electron chi connectivity index (χ1n) is 8.26. The lowest BCUT2D eigenvalue weighted by Crippen LogP contribution is -2.66. The zero-order valence-corrected chi connectivity index (χ0v) is 16.7. The Morgan fingerprint density at radius 3 is 2.75 bits per heavy atom. The molecule has 0 aromatic carbocycles. The number of aliphatic carboxylic acids is 1. The zero-order valence-electron chi connectivity index (χ0n) is 15.0. The highest BCUT2D eigenvalue weighted by molar-refractivity contribution is 8.00. The van der Waals surface area contributed by atoms with E-state index in [-0.39, 0.29) is 23.4 Å². The number of thiophene rings is 1. The van der Waals surface area contributed by atoms with Crippen LogP contribution in [0.1, 0.15) is 11.8 Å². The third-order valence-electron chi connectivity index (χ3n) is 4.21. The van der Waals surface area contributed by atoms with Gasteiger partial charge in [0.1, 0.15) is 11.1 Å². The number of hydrogen-bond acceptors (Lipinski definition) is 8. The second-order valence-electron chi connectivity index (χ2n) is 6.06. The fourth-order valence-electron chi connectivity index (χ4n) is 3.02. The van der Waals surface area contributed by atoms with Crippen molar-refractivity contribution in [1.82, 2.24) is 10.2 Å². The number of ether oxygens (including phenoxy) is 2. The van der Waals surface area contributed by atoms with E-state index in [0.717, 1.165) is 16.7 Å². The highest BCUT2D eigenvalue weighted by atomic mass is 32.2. The van der Waals surface area contributed by atoms with Crippen LogP contribution in [0.15, 0.2) is 28.8 Å². The molecule has 0 radical (unpaired) electrons. The second kappa shape index (κ2) is 8.33. The fourth-order valence-corrected chi connectivity index (χ4v) is 5.12. The van der Waals surface area contributed by atoms with E-state index in [0.29, 0.717) is 0 Å². The Morgan fingerprint density at radius 1 is 1.43 bits per heavy atom. The van der Waals surface area contributed by atoms with Gasteiger partial charge in [-0.05, 0) is 11.4 Å². The number of carboxylic acids is 1. The molecule has 150 valence electrons. The van der Waals surface area contributed by atoms with Gasteiger partial charge in [0.05, 0.1) is 6.42 Å². The summed E-state index contributed by atoms with van der Waals surface area (Å²) < 4.78 is 10.3. The van der Waals surface area contributed by atoms with E-state index in [1.165, 1.54) is 30.2 Å². The molecule has 1 saturated heterocycles. The minimum Gasteiger partial charge on any atom is -0.477 e. The van der Waals surface area contributed by atoms with Gasteiger partial charge >= 0.3 is 11.9 Å². The molecule has 0 aliphatic carbocycles. The number of carbonyl (C=O) groups is 4. The lowest BCUT2D eigenvalue weighted by molar-refractivity contribution is -0.162. The zero-order chi connectivity index (χ0) is 20.4. The van der Waals surface area contributed by atoms with Crippen molar-refractivity contribution in [2.45, 2.75) is 31.1 Å². The topological polar surface area (TPSA) is 122 Å². The minimum absolute atomic E-state index is 0.0648. The highest BCUT2D eigenvalue weighted by Gasteiger charge is 2.55. The SMILES string of the molecule is CO[C@H]1C(=O)N2C(C(=O)O)=C(C(NC(=O)Cc3cccs3)OC(C)=O)CS[C@H]12. The molecule has 28 heavy (non-hydrogen) atoms. The van der Waals surface area contributed by atoms with Crippen LogP contribution in [0.4, 0.5) is 0 Å². The molecule has 2 N–H and O–H groups in total. The van der Waals surface area contributed by atoms with Crippen molar-refractivity contribution in [1.29, 1.82) is 0 Å². The molecule has 0 spiro atoms. The van der Waals surface area contributed by atoms with Crippen molar-refractivity contribution in [2.24, 2.45) is 0 Å². The first kappa shape index (κ1) is 20.4. The normalized spacial score (nSPS) is 22.2. The number of thioether (sulfide) groups is 1. The molecule has 9 nitrogen and oxygen atoms in total. The molecule has 2 aliphatic rings. The number of nitrogens with zero attached hydrogens (tertiary/aromatic N) is 1. The first-order chi connectivity index (χ1) is 13.3. The molecule has 3 atom stereocenters. The molecule has 3 rings (SSSR count). The maximum absolute atomic E-state index is 12.4. The van der Waals surface area contributed by atoms with Gasteiger partial charge in [0.2, 0.25) is 12.1 Å². The molecule has 1 unspecified atom stereocenters. The van der Waals surface area contributed by atoms with Crippen molar-refractivity contribution in [3.8, 4) is 0 Å². The number of rotatable bonds is 7. The fraction of sp³-hybridized carbons (Fsp3) is 0.412. The Hall–Kier alpha value is -2.37. The standard InChI is InChI=1S/C17H18N2O7S2/c1-8(20)26-14(18-11(21)6-9-4-3-5-27-9)10-7-28-16-13(25-2)15(22)19(16)12(10)17(23)24/h3-5,13-14,16H,6-7H2,1-2H3,(H,18,21)(H,23,24)/t13-,14?,16+/m0/s1. The predicted octanol–water partition coefficient (Wildman–Crippen LogP) is 0.565. The Kier molecular flexibility index (Phi) is 6.06. The van der Waals surface area contributed by atoms with Crippen LogP contribution in [-0.2, 0) is 35.1 Å². The number of nitrogens with one attached hydrogen (secondary N) is 1. The number of methoxy groups -OCH3 is 1. The van der Waals surface area contributed by atoms with Crippen LogP contribution in [0, 0.1) is 0 Å². The predicted molar refractivity (Wildman–Crippen MR) is 100 cm³/mol.